The van der Waals surface area contributed by atoms with Crippen molar-refractivity contribution in [3.05, 3.63) is 21.0 Å². The molecular formula is C12H17Br2NO. The Hall–Kier alpha value is 0.200. The summed E-state index contributed by atoms with van der Waals surface area (Å²) in [7, 11) is 0. The second-order valence-electron chi connectivity index (χ2n) is 4.75. The van der Waals surface area contributed by atoms with Crippen molar-refractivity contribution in [3.63, 3.8) is 0 Å². The van der Waals surface area contributed by atoms with Gasteiger partial charge in [0.1, 0.15) is 5.76 Å². The van der Waals surface area contributed by atoms with Gasteiger partial charge in [-0.3, -0.25) is 0 Å². The lowest BCUT2D eigenvalue weighted by Crippen LogP contribution is -2.20. The van der Waals surface area contributed by atoms with Crippen LogP contribution in [-0.2, 0) is 6.54 Å². The van der Waals surface area contributed by atoms with Crippen molar-refractivity contribution in [2.45, 2.75) is 32.7 Å². The highest BCUT2D eigenvalue weighted by molar-refractivity contribution is 9.13. The molecule has 16 heavy (non-hydrogen) atoms. The molecule has 2 atom stereocenters. The fourth-order valence-corrected chi connectivity index (χ4v) is 3.05. The monoisotopic (exact) mass is 349 g/mol. The Labute approximate surface area is 113 Å². The summed E-state index contributed by atoms with van der Waals surface area (Å²) in [5.41, 5.74) is 0. The fourth-order valence-electron chi connectivity index (χ4n) is 2.39. The molecule has 1 aromatic heterocycles. The molecule has 0 saturated heterocycles. The molecule has 0 amide bonds. The molecule has 90 valence electrons. The van der Waals surface area contributed by atoms with E-state index in [4.69, 9.17) is 4.42 Å². The third-order valence-corrected chi connectivity index (χ3v) is 4.94. The summed E-state index contributed by atoms with van der Waals surface area (Å²) in [5, 5.41) is 3.47. The highest BCUT2D eigenvalue weighted by Crippen LogP contribution is 2.30. The Kier molecular flexibility index (Phi) is 4.50. The maximum atomic E-state index is 5.51. The molecule has 1 N–H and O–H groups in total. The van der Waals surface area contributed by atoms with Crippen LogP contribution in [-0.4, -0.2) is 6.54 Å². The van der Waals surface area contributed by atoms with Crippen molar-refractivity contribution in [3.8, 4) is 0 Å². The molecule has 2 rings (SSSR count). The van der Waals surface area contributed by atoms with Gasteiger partial charge in [-0.05, 0) is 69.1 Å². The van der Waals surface area contributed by atoms with Crippen LogP contribution in [0.3, 0.4) is 0 Å². The van der Waals surface area contributed by atoms with Crippen LogP contribution in [0.2, 0.25) is 0 Å². The Morgan fingerprint density at radius 1 is 1.44 bits per heavy atom. The van der Waals surface area contributed by atoms with Gasteiger partial charge >= 0.3 is 0 Å². The van der Waals surface area contributed by atoms with E-state index in [1.54, 1.807) is 0 Å². The summed E-state index contributed by atoms with van der Waals surface area (Å²) < 4.78 is 7.27. The van der Waals surface area contributed by atoms with Gasteiger partial charge < -0.3 is 9.73 Å². The maximum Gasteiger partial charge on any atom is 0.183 e. The van der Waals surface area contributed by atoms with Crippen molar-refractivity contribution in [2.75, 3.05) is 6.54 Å². The van der Waals surface area contributed by atoms with Gasteiger partial charge in [-0.15, -0.1) is 0 Å². The van der Waals surface area contributed by atoms with Gasteiger partial charge in [0.05, 0.1) is 11.0 Å². The summed E-state index contributed by atoms with van der Waals surface area (Å²) in [4.78, 5) is 0. The van der Waals surface area contributed by atoms with Gasteiger partial charge in [-0.2, -0.15) is 0 Å². The van der Waals surface area contributed by atoms with Crippen LogP contribution in [0.25, 0.3) is 0 Å². The first kappa shape index (κ1) is 12.7. The van der Waals surface area contributed by atoms with Crippen molar-refractivity contribution in [2.24, 2.45) is 11.8 Å². The molecule has 4 heteroatoms. The standard InChI is InChI=1S/C12H17Br2NO/c1-8-2-3-9(4-8)6-15-7-10-5-11(13)12(14)16-10/h5,8-9,15H,2-4,6-7H2,1H3. The number of nitrogens with one attached hydrogen (secondary N) is 1. The van der Waals surface area contributed by atoms with Gasteiger partial charge in [0.2, 0.25) is 0 Å². The first-order valence-corrected chi connectivity index (χ1v) is 7.38. The lowest BCUT2D eigenvalue weighted by molar-refractivity contribution is 0.428. The van der Waals surface area contributed by atoms with Crippen LogP contribution in [0.15, 0.2) is 19.6 Å². The first-order chi connectivity index (χ1) is 7.65. The van der Waals surface area contributed by atoms with Crippen LogP contribution in [0.4, 0.5) is 0 Å². The van der Waals surface area contributed by atoms with Crippen LogP contribution in [0.5, 0.6) is 0 Å². The summed E-state index contributed by atoms with van der Waals surface area (Å²) in [5.74, 6) is 2.75. The second kappa shape index (κ2) is 5.69. The van der Waals surface area contributed by atoms with Gasteiger partial charge in [-0.1, -0.05) is 13.3 Å². The van der Waals surface area contributed by atoms with E-state index in [0.29, 0.717) is 0 Å². The zero-order chi connectivity index (χ0) is 11.5. The molecule has 1 saturated carbocycles. The van der Waals surface area contributed by atoms with Crippen molar-refractivity contribution in [1.82, 2.24) is 5.32 Å². The van der Waals surface area contributed by atoms with E-state index in [0.717, 1.165) is 39.8 Å². The Bertz CT molecular complexity index is 331. The van der Waals surface area contributed by atoms with Crippen LogP contribution in [0.1, 0.15) is 31.9 Å². The molecule has 1 heterocycles. The van der Waals surface area contributed by atoms with E-state index in [-0.39, 0.29) is 0 Å². The van der Waals surface area contributed by atoms with Crippen molar-refractivity contribution < 1.29 is 4.42 Å². The summed E-state index contributed by atoms with van der Waals surface area (Å²) >= 11 is 6.75. The molecule has 2 nitrogen and oxygen atoms in total. The van der Waals surface area contributed by atoms with Gasteiger partial charge in [0, 0.05) is 0 Å². The maximum absolute atomic E-state index is 5.51. The van der Waals surface area contributed by atoms with Crippen LogP contribution in [0, 0.1) is 11.8 Å². The topological polar surface area (TPSA) is 25.2 Å². The smallest absolute Gasteiger partial charge is 0.183 e. The fraction of sp³-hybridized carbons (Fsp3) is 0.667. The Morgan fingerprint density at radius 3 is 2.81 bits per heavy atom. The highest BCUT2D eigenvalue weighted by Gasteiger charge is 2.20. The molecule has 0 bridgehead atoms. The number of hydrogen-bond donors (Lipinski definition) is 1. The molecule has 1 aliphatic rings. The molecule has 0 aliphatic heterocycles. The second-order valence-corrected chi connectivity index (χ2v) is 6.32. The molecule has 0 radical (unpaired) electrons. The first-order valence-electron chi connectivity index (χ1n) is 5.79. The highest BCUT2D eigenvalue weighted by atomic mass is 79.9. The minimum Gasteiger partial charge on any atom is -0.452 e. The Balaban J connectivity index is 1.72. The van der Waals surface area contributed by atoms with E-state index >= 15 is 0 Å². The van der Waals surface area contributed by atoms with Crippen LogP contribution >= 0.6 is 31.9 Å². The zero-order valence-corrected chi connectivity index (χ0v) is 12.6. The lowest BCUT2D eigenvalue weighted by Gasteiger charge is -2.09. The predicted molar refractivity (Wildman–Crippen MR) is 72.3 cm³/mol. The predicted octanol–water partition coefficient (Wildman–Crippen LogP) is 4.33. The third kappa shape index (κ3) is 3.34. The van der Waals surface area contributed by atoms with E-state index in [2.05, 4.69) is 44.1 Å². The number of furan rings is 1. The van der Waals surface area contributed by atoms with Crippen molar-refractivity contribution >= 4 is 31.9 Å². The minimum atomic E-state index is 0.777. The zero-order valence-electron chi connectivity index (χ0n) is 9.43. The van der Waals surface area contributed by atoms with Gasteiger partial charge in [0.15, 0.2) is 4.67 Å². The molecule has 1 aromatic rings. The quantitative estimate of drug-likeness (QED) is 0.874. The number of halogens is 2. The van der Waals surface area contributed by atoms with E-state index in [9.17, 15) is 0 Å². The van der Waals surface area contributed by atoms with E-state index < -0.39 is 0 Å². The Morgan fingerprint density at radius 2 is 2.25 bits per heavy atom. The largest absolute Gasteiger partial charge is 0.452 e. The summed E-state index contributed by atoms with van der Waals surface area (Å²) in [6.45, 7) is 4.27. The molecule has 0 aromatic carbocycles. The normalized spacial score (nSPS) is 25.2. The molecular weight excluding hydrogens is 334 g/mol. The van der Waals surface area contributed by atoms with Crippen LogP contribution < -0.4 is 5.32 Å². The van der Waals surface area contributed by atoms with E-state index in [1.165, 1.54) is 19.3 Å². The third-order valence-electron chi connectivity index (χ3n) is 3.23. The minimum absolute atomic E-state index is 0.777. The number of hydrogen-bond acceptors (Lipinski definition) is 2. The molecule has 0 spiro atoms. The van der Waals surface area contributed by atoms with E-state index in [1.807, 2.05) is 6.07 Å². The average Bonchev–Trinajstić information content (AvgIpc) is 2.75. The lowest BCUT2D eigenvalue weighted by atomic mass is 10.1. The molecule has 1 fully saturated rings. The summed E-state index contributed by atoms with van der Waals surface area (Å²) in [6.07, 6.45) is 4.14. The molecule has 1 aliphatic carbocycles. The van der Waals surface area contributed by atoms with Crippen molar-refractivity contribution in [1.29, 1.82) is 0 Å². The average molecular weight is 351 g/mol. The van der Waals surface area contributed by atoms with Gasteiger partial charge in [0.25, 0.3) is 0 Å². The number of rotatable bonds is 4. The molecule has 2 unspecified atom stereocenters. The SMILES string of the molecule is CC1CCC(CNCc2cc(Br)c(Br)o2)C1. The summed E-state index contributed by atoms with van der Waals surface area (Å²) in [6, 6.07) is 2.01. The van der Waals surface area contributed by atoms with Gasteiger partial charge in [-0.25, -0.2) is 0 Å².